The van der Waals surface area contributed by atoms with Gasteiger partial charge in [-0.25, -0.2) is 9.59 Å². The van der Waals surface area contributed by atoms with Crippen molar-refractivity contribution in [3.8, 4) is 0 Å². The number of rotatable bonds is 3. The number of hydrogen-bond acceptors (Lipinski definition) is 4. The average Bonchev–Trinajstić information content (AvgIpc) is 3.16. The van der Waals surface area contributed by atoms with E-state index in [1.54, 1.807) is 0 Å². The summed E-state index contributed by atoms with van der Waals surface area (Å²) in [6, 6.07) is 44.0. The minimum absolute atomic E-state index is 0.00499. The van der Waals surface area contributed by atoms with E-state index in [2.05, 4.69) is 123 Å². The van der Waals surface area contributed by atoms with E-state index >= 15 is 0 Å². The fourth-order valence-corrected chi connectivity index (χ4v) is 10.5. The quantitative estimate of drug-likeness (QED) is 0.180. The number of benzene rings is 6. The van der Waals surface area contributed by atoms with Crippen molar-refractivity contribution in [1.29, 1.82) is 0 Å². The molecule has 242 valence electrons. The third-order valence-corrected chi connectivity index (χ3v) is 12.1. The molecule has 12 rings (SSSR count). The van der Waals surface area contributed by atoms with Crippen LogP contribution in [0.3, 0.4) is 0 Å². The predicted octanol–water partition coefficient (Wildman–Crippen LogP) is 8.86. The van der Waals surface area contributed by atoms with Crippen LogP contribution >= 0.6 is 0 Å². The molecule has 0 amide bonds. The van der Waals surface area contributed by atoms with Crippen molar-refractivity contribution in [2.75, 3.05) is 14.2 Å². The van der Waals surface area contributed by atoms with E-state index in [0.29, 0.717) is 11.1 Å². The zero-order valence-electron chi connectivity index (χ0n) is 28.3. The van der Waals surface area contributed by atoms with Gasteiger partial charge in [-0.05, 0) is 105 Å². The molecule has 50 heavy (non-hydrogen) atoms. The maximum absolute atomic E-state index is 13.4. The summed E-state index contributed by atoms with van der Waals surface area (Å²) in [5.74, 6) is -0.739. The number of aryl methyl sites for hydroxylation is 2. The molecule has 4 heteroatoms. The molecule has 0 radical (unpaired) electrons. The summed E-state index contributed by atoms with van der Waals surface area (Å²) in [5, 5.41) is 0. The van der Waals surface area contributed by atoms with E-state index in [1.807, 2.05) is 12.1 Å². The summed E-state index contributed by atoms with van der Waals surface area (Å²) in [5.41, 5.74) is 16.3. The highest BCUT2D eigenvalue weighted by Crippen LogP contribution is 2.73. The molecule has 4 bridgehead atoms. The zero-order valence-corrected chi connectivity index (χ0v) is 28.3. The molecule has 6 aromatic rings. The highest BCUT2D eigenvalue weighted by atomic mass is 16.5. The summed E-state index contributed by atoms with van der Waals surface area (Å²) in [7, 11) is 2.88. The van der Waals surface area contributed by atoms with Gasteiger partial charge < -0.3 is 9.47 Å². The van der Waals surface area contributed by atoms with Gasteiger partial charge in [-0.3, -0.25) is 0 Å². The van der Waals surface area contributed by atoms with Crippen LogP contribution in [0.25, 0.3) is 0 Å². The molecule has 0 saturated heterocycles. The first kappa shape index (κ1) is 29.2. The van der Waals surface area contributed by atoms with E-state index in [0.717, 1.165) is 11.1 Å². The van der Waals surface area contributed by atoms with Crippen LogP contribution in [-0.2, 0) is 20.3 Å². The highest BCUT2D eigenvalue weighted by molar-refractivity contribution is 5.93. The Morgan fingerprint density at radius 2 is 0.820 bits per heavy atom. The van der Waals surface area contributed by atoms with Crippen molar-refractivity contribution in [1.82, 2.24) is 0 Å². The summed E-state index contributed by atoms with van der Waals surface area (Å²) in [6.07, 6.45) is 0. The van der Waals surface area contributed by atoms with Crippen LogP contribution in [0.5, 0.6) is 0 Å². The Morgan fingerprint density at radius 1 is 0.440 bits per heavy atom. The molecule has 0 heterocycles. The molecular weight excluding hydrogens is 617 g/mol. The lowest BCUT2D eigenvalue weighted by Gasteiger charge is -2.64. The van der Waals surface area contributed by atoms with Gasteiger partial charge in [-0.2, -0.15) is 0 Å². The summed E-state index contributed by atoms with van der Waals surface area (Å²) >= 11 is 0. The van der Waals surface area contributed by atoms with Crippen LogP contribution in [0, 0.1) is 13.8 Å². The zero-order chi connectivity index (χ0) is 34.1. The molecule has 4 nitrogen and oxygen atoms in total. The number of carbonyl (C=O) groups is 2. The predicted molar refractivity (Wildman–Crippen MR) is 192 cm³/mol. The molecule has 2 unspecified atom stereocenters. The first-order valence-electron chi connectivity index (χ1n) is 17.2. The maximum atomic E-state index is 13.4. The van der Waals surface area contributed by atoms with Crippen molar-refractivity contribution in [3.63, 3.8) is 0 Å². The maximum Gasteiger partial charge on any atom is 0.337 e. The van der Waals surface area contributed by atoms with Gasteiger partial charge in [-0.1, -0.05) is 108 Å². The van der Waals surface area contributed by atoms with Gasteiger partial charge in [0.15, 0.2) is 0 Å². The molecular formula is C46H34O4. The Morgan fingerprint density at radius 3 is 1.24 bits per heavy atom. The molecule has 0 aromatic heterocycles. The second kappa shape index (κ2) is 9.92. The minimum atomic E-state index is -0.851. The molecule has 6 aliphatic carbocycles. The Hall–Kier alpha value is -5.74. The van der Waals surface area contributed by atoms with Crippen molar-refractivity contribution in [2.45, 2.75) is 36.5 Å². The van der Waals surface area contributed by atoms with Crippen LogP contribution in [0.15, 0.2) is 121 Å². The smallest absolute Gasteiger partial charge is 0.337 e. The topological polar surface area (TPSA) is 52.6 Å². The lowest BCUT2D eigenvalue weighted by Crippen LogP contribution is -2.61. The van der Waals surface area contributed by atoms with Gasteiger partial charge >= 0.3 is 11.9 Å². The highest BCUT2D eigenvalue weighted by Gasteiger charge is 2.68. The normalized spacial score (nSPS) is 22.3. The Labute approximate surface area is 291 Å². The first-order valence-corrected chi connectivity index (χ1v) is 17.2. The fourth-order valence-electron chi connectivity index (χ4n) is 10.5. The van der Waals surface area contributed by atoms with Gasteiger partial charge in [0, 0.05) is 11.8 Å². The Balaban J connectivity index is 1.51. The monoisotopic (exact) mass is 650 g/mol. The lowest BCUT2D eigenvalue weighted by molar-refractivity contribution is 0.0591. The molecule has 0 fully saturated rings. The van der Waals surface area contributed by atoms with E-state index < -0.39 is 10.8 Å². The molecule has 6 aromatic carbocycles. The first-order chi connectivity index (χ1) is 24.4. The number of methoxy groups -OCH3 is 2. The van der Waals surface area contributed by atoms with Crippen LogP contribution in [-0.4, -0.2) is 26.2 Å². The third kappa shape index (κ3) is 3.23. The SMILES string of the molecule is COC(=O)c1ccc2c(c1)[C@]1([C@]34c5ccccc5C(c5cc(C)ccc53)c3ccc(C(=O)OC)cc34)c3ccccc3C2c2cc(C)ccc21. The van der Waals surface area contributed by atoms with Gasteiger partial charge in [0.1, 0.15) is 0 Å². The number of hydrogen-bond donors (Lipinski definition) is 0. The van der Waals surface area contributed by atoms with Gasteiger partial charge in [0.05, 0.1) is 36.2 Å². The van der Waals surface area contributed by atoms with Gasteiger partial charge in [0.25, 0.3) is 0 Å². The summed E-state index contributed by atoms with van der Waals surface area (Å²) < 4.78 is 10.7. The van der Waals surface area contributed by atoms with Gasteiger partial charge in [-0.15, -0.1) is 0 Å². The van der Waals surface area contributed by atoms with Crippen molar-refractivity contribution < 1.29 is 19.1 Å². The number of ether oxygens (including phenoxy) is 2. The standard InChI is InChI=1S/C46H34O4/c1-25-13-19-37-33(21-25)41-29-9-5-7-11-35(29)45(37,39-23-27(43(47)49-3)15-17-31(39)41)46-36-12-8-6-10-30(36)42(34-22-26(2)14-20-38(34)46)32-18-16-28(24-40(32)46)44(48)50-4/h5-24,41-42H,1-4H3/t41?,42?,45-,46+. The summed E-state index contributed by atoms with van der Waals surface area (Å²) in [6.45, 7) is 4.33. The van der Waals surface area contributed by atoms with E-state index in [-0.39, 0.29) is 23.8 Å². The average molecular weight is 651 g/mol. The van der Waals surface area contributed by atoms with Crippen molar-refractivity contribution in [2.24, 2.45) is 0 Å². The minimum Gasteiger partial charge on any atom is -0.465 e. The van der Waals surface area contributed by atoms with Crippen molar-refractivity contribution in [3.05, 3.63) is 210 Å². The fraction of sp³-hybridized carbons (Fsp3) is 0.174. The van der Waals surface area contributed by atoms with E-state index in [1.165, 1.54) is 81.0 Å². The number of esters is 2. The summed E-state index contributed by atoms with van der Waals surface area (Å²) in [4.78, 5) is 26.8. The molecule has 0 N–H and O–H groups in total. The van der Waals surface area contributed by atoms with Crippen LogP contribution in [0.4, 0.5) is 0 Å². The third-order valence-electron chi connectivity index (χ3n) is 12.1. The Bertz CT molecular complexity index is 2330. The largest absolute Gasteiger partial charge is 0.465 e. The second-order valence-corrected chi connectivity index (χ2v) is 14.3. The van der Waals surface area contributed by atoms with E-state index in [4.69, 9.17) is 9.47 Å². The molecule has 6 aliphatic rings. The van der Waals surface area contributed by atoms with Crippen molar-refractivity contribution >= 4 is 11.9 Å². The van der Waals surface area contributed by atoms with Crippen LogP contribution in [0.2, 0.25) is 0 Å². The van der Waals surface area contributed by atoms with Crippen LogP contribution in [0.1, 0.15) is 110 Å². The molecule has 0 spiro atoms. The lowest BCUT2D eigenvalue weighted by atomic mass is 9.36. The molecule has 0 aliphatic heterocycles. The molecule has 0 saturated carbocycles. The van der Waals surface area contributed by atoms with Crippen LogP contribution < -0.4 is 0 Å². The van der Waals surface area contributed by atoms with E-state index in [9.17, 15) is 9.59 Å². The Kier molecular flexibility index (Phi) is 5.79. The van der Waals surface area contributed by atoms with Gasteiger partial charge in [0.2, 0.25) is 0 Å². The number of carbonyl (C=O) groups excluding carboxylic acids is 2. The second-order valence-electron chi connectivity index (χ2n) is 14.3. The molecule has 4 atom stereocenters.